The van der Waals surface area contributed by atoms with E-state index in [2.05, 4.69) is 10.2 Å². The Morgan fingerprint density at radius 1 is 1.00 bits per heavy atom. The Kier molecular flexibility index (Phi) is 5.21. The highest BCUT2D eigenvalue weighted by Gasteiger charge is 2.37. The SMILES string of the molecule is O=C(O)Cc1nnc(NC(=O)c2cc(C(F)(F)F)cc(C(F)(F)F)c2)s1. The Hall–Kier alpha value is -2.70. The van der Waals surface area contributed by atoms with E-state index in [1.165, 1.54) is 0 Å². The zero-order valence-corrected chi connectivity index (χ0v) is 13.1. The number of halogens is 6. The predicted molar refractivity (Wildman–Crippen MR) is 75.6 cm³/mol. The molecular formula is C13H7F6N3O3S. The molecule has 0 radical (unpaired) electrons. The Bertz CT molecular complexity index is 814. The summed E-state index contributed by atoms with van der Waals surface area (Å²) in [5.74, 6) is -2.51. The van der Waals surface area contributed by atoms with Crippen molar-refractivity contribution in [1.29, 1.82) is 0 Å². The topological polar surface area (TPSA) is 92.2 Å². The van der Waals surface area contributed by atoms with Gasteiger partial charge in [-0.05, 0) is 18.2 Å². The molecule has 0 fully saturated rings. The van der Waals surface area contributed by atoms with Gasteiger partial charge in [-0.2, -0.15) is 26.3 Å². The average Bonchev–Trinajstić information content (AvgIpc) is 2.91. The number of benzene rings is 1. The van der Waals surface area contributed by atoms with Gasteiger partial charge in [0, 0.05) is 5.56 Å². The number of hydrogen-bond acceptors (Lipinski definition) is 5. The van der Waals surface area contributed by atoms with Crippen LogP contribution in [0.25, 0.3) is 0 Å². The van der Waals surface area contributed by atoms with Crippen LogP contribution in [-0.2, 0) is 23.6 Å². The number of alkyl halides is 6. The highest BCUT2D eigenvalue weighted by atomic mass is 32.1. The third kappa shape index (κ3) is 4.91. The van der Waals surface area contributed by atoms with Crippen LogP contribution in [0.2, 0.25) is 0 Å². The second-order valence-electron chi connectivity index (χ2n) is 4.82. The lowest BCUT2D eigenvalue weighted by molar-refractivity contribution is -0.143. The quantitative estimate of drug-likeness (QED) is 0.769. The number of anilines is 1. The van der Waals surface area contributed by atoms with Crippen LogP contribution in [0.3, 0.4) is 0 Å². The van der Waals surface area contributed by atoms with Crippen LogP contribution in [0.15, 0.2) is 18.2 Å². The first-order valence-corrected chi connectivity index (χ1v) is 7.33. The molecular weight excluding hydrogens is 392 g/mol. The third-order valence-corrected chi connectivity index (χ3v) is 3.68. The lowest BCUT2D eigenvalue weighted by atomic mass is 10.0. The van der Waals surface area contributed by atoms with Crippen molar-refractivity contribution in [2.75, 3.05) is 5.32 Å². The summed E-state index contributed by atoms with van der Waals surface area (Å²) in [4.78, 5) is 22.5. The van der Waals surface area contributed by atoms with E-state index in [9.17, 15) is 35.9 Å². The molecule has 1 aromatic heterocycles. The molecule has 0 unspecified atom stereocenters. The number of carbonyl (C=O) groups is 2. The zero-order valence-electron chi connectivity index (χ0n) is 12.3. The highest BCUT2D eigenvalue weighted by molar-refractivity contribution is 7.15. The maximum absolute atomic E-state index is 12.8. The molecule has 2 aromatic rings. The van der Waals surface area contributed by atoms with E-state index in [0.29, 0.717) is 11.3 Å². The Balaban J connectivity index is 2.33. The summed E-state index contributed by atoms with van der Waals surface area (Å²) in [5.41, 5.74) is -4.16. The van der Waals surface area contributed by atoms with Gasteiger partial charge in [0.15, 0.2) is 0 Å². The maximum Gasteiger partial charge on any atom is 0.416 e. The third-order valence-electron chi connectivity index (χ3n) is 2.84. The van der Waals surface area contributed by atoms with E-state index in [1.807, 2.05) is 5.32 Å². The highest BCUT2D eigenvalue weighted by Crippen LogP contribution is 2.36. The summed E-state index contributed by atoms with van der Waals surface area (Å²) in [5, 5.41) is 17.1. The van der Waals surface area contributed by atoms with Crippen molar-refractivity contribution in [3.05, 3.63) is 39.9 Å². The second kappa shape index (κ2) is 6.90. The molecule has 0 saturated heterocycles. The van der Waals surface area contributed by atoms with E-state index in [-0.39, 0.29) is 28.3 Å². The Morgan fingerprint density at radius 2 is 1.54 bits per heavy atom. The van der Waals surface area contributed by atoms with Gasteiger partial charge in [0.05, 0.1) is 17.5 Å². The molecule has 6 nitrogen and oxygen atoms in total. The largest absolute Gasteiger partial charge is 0.481 e. The summed E-state index contributed by atoms with van der Waals surface area (Å²) in [6.45, 7) is 0. The number of amides is 1. The van der Waals surface area contributed by atoms with Crippen molar-refractivity contribution >= 4 is 28.3 Å². The first-order valence-electron chi connectivity index (χ1n) is 6.51. The number of carbonyl (C=O) groups excluding carboxylic acids is 1. The Morgan fingerprint density at radius 3 is 2.00 bits per heavy atom. The smallest absolute Gasteiger partial charge is 0.416 e. The molecule has 0 aliphatic carbocycles. The predicted octanol–water partition coefficient (Wildman–Crippen LogP) is 3.46. The van der Waals surface area contributed by atoms with Gasteiger partial charge in [-0.3, -0.25) is 14.9 Å². The number of carboxylic acids is 1. The molecule has 1 amide bonds. The summed E-state index contributed by atoms with van der Waals surface area (Å²) < 4.78 is 76.7. The molecule has 0 atom stereocenters. The molecule has 0 aliphatic rings. The van der Waals surface area contributed by atoms with Gasteiger partial charge in [0.2, 0.25) is 5.13 Å². The normalized spacial score (nSPS) is 12.1. The van der Waals surface area contributed by atoms with Crippen molar-refractivity contribution in [2.24, 2.45) is 0 Å². The Labute approximate surface area is 144 Å². The minimum absolute atomic E-state index is 0.00665. The van der Waals surface area contributed by atoms with Gasteiger partial charge in [-0.1, -0.05) is 11.3 Å². The number of hydrogen-bond donors (Lipinski definition) is 2. The molecule has 1 heterocycles. The molecule has 2 N–H and O–H groups in total. The van der Waals surface area contributed by atoms with Crippen molar-refractivity contribution < 1.29 is 41.0 Å². The number of rotatable bonds is 4. The summed E-state index contributed by atoms with van der Waals surface area (Å²) in [6.07, 6.45) is -10.7. The van der Waals surface area contributed by atoms with Crippen LogP contribution < -0.4 is 5.32 Å². The summed E-state index contributed by atoms with van der Waals surface area (Å²) in [7, 11) is 0. The average molecular weight is 399 g/mol. The van der Waals surface area contributed by atoms with Crippen LogP contribution >= 0.6 is 11.3 Å². The molecule has 2 rings (SSSR count). The molecule has 140 valence electrons. The zero-order chi connectivity index (χ0) is 19.7. The minimum atomic E-state index is -5.09. The van der Waals surface area contributed by atoms with Crippen LogP contribution in [0.5, 0.6) is 0 Å². The van der Waals surface area contributed by atoms with Crippen LogP contribution in [0.4, 0.5) is 31.5 Å². The molecule has 0 saturated carbocycles. The molecule has 0 bridgehead atoms. The second-order valence-corrected chi connectivity index (χ2v) is 5.88. The number of aliphatic carboxylic acids is 1. The van der Waals surface area contributed by atoms with Gasteiger partial charge in [0.1, 0.15) is 5.01 Å². The van der Waals surface area contributed by atoms with Crippen molar-refractivity contribution in [2.45, 2.75) is 18.8 Å². The number of carboxylic acid groups (broad SMARTS) is 1. The van der Waals surface area contributed by atoms with Crippen LogP contribution in [0.1, 0.15) is 26.5 Å². The van der Waals surface area contributed by atoms with E-state index in [1.54, 1.807) is 0 Å². The first-order chi connectivity index (χ1) is 11.9. The van der Waals surface area contributed by atoms with E-state index in [4.69, 9.17) is 5.11 Å². The van der Waals surface area contributed by atoms with Gasteiger partial charge in [-0.25, -0.2) is 0 Å². The molecule has 0 aliphatic heterocycles. The van der Waals surface area contributed by atoms with Gasteiger partial charge in [0.25, 0.3) is 5.91 Å². The summed E-state index contributed by atoms with van der Waals surface area (Å²) in [6, 6.07) is 0.431. The molecule has 0 spiro atoms. The number of aromatic nitrogens is 2. The lowest BCUT2D eigenvalue weighted by Gasteiger charge is -2.13. The van der Waals surface area contributed by atoms with Crippen LogP contribution in [0, 0.1) is 0 Å². The van der Waals surface area contributed by atoms with Crippen LogP contribution in [-0.4, -0.2) is 27.2 Å². The number of nitrogens with zero attached hydrogens (tertiary/aromatic N) is 2. The first kappa shape index (κ1) is 19.6. The fraction of sp³-hybridized carbons (Fsp3) is 0.231. The van der Waals surface area contributed by atoms with Gasteiger partial charge < -0.3 is 5.11 Å². The number of nitrogens with one attached hydrogen (secondary N) is 1. The van der Waals surface area contributed by atoms with E-state index < -0.39 is 47.3 Å². The monoisotopic (exact) mass is 399 g/mol. The standard InChI is InChI=1S/C13H7F6N3O3S/c14-12(15,16)6-1-5(2-7(3-6)13(17,18)19)10(25)20-11-22-21-8(26-11)4-9(23)24/h1-3H,4H2,(H,23,24)(H,20,22,25). The molecule has 1 aromatic carbocycles. The van der Waals surface area contributed by atoms with Crippen molar-refractivity contribution in [1.82, 2.24) is 10.2 Å². The van der Waals surface area contributed by atoms with E-state index >= 15 is 0 Å². The van der Waals surface area contributed by atoms with Gasteiger partial charge >= 0.3 is 18.3 Å². The minimum Gasteiger partial charge on any atom is -0.481 e. The van der Waals surface area contributed by atoms with Crippen molar-refractivity contribution in [3.8, 4) is 0 Å². The fourth-order valence-electron chi connectivity index (χ4n) is 1.76. The molecule has 26 heavy (non-hydrogen) atoms. The maximum atomic E-state index is 12.8. The fourth-order valence-corrected chi connectivity index (χ4v) is 2.49. The summed E-state index contributed by atoms with van der Waals surface area (Å²) >= 11 is 0.624. The lowest BCUT2D eigenvalue weighted by Crippen LogP contribution is -2.17. The van der Waals surface area contributed by atoms with E-state index in [0.717, 1.165) is 0 Å². The van der Waals surface area contributed by atoms with Crippen molar-refractivity contribution in [3.63, 3.8) is 0 Å². The molecule has 13 heteroatoms. The van der Waals surface area contributed by atoms with Gasteiger partial charge in [-0.15, -0.1) is 10.2 Å².